The van der Waals surface area contributed by atoms with Gasteiger partial charge in [0.1, 0.15) is 5.56 Å². The number of nitrogens with zero attached hydrogens (tertiary/aromatic N) is 5. The summed E-state index contributed by atoms with van der Waals surface area (Å²) in [7, 11) is 1.56. The number of hydrogen-bond donors (Lipinski definition) is 1. The first-order valence-electron chi connectivity index (χ1n) is 13.3. The van der Waals surface area contributed by atoms with Crippen LogP contribution in [0.3, 0.4) is 0 Å². The van der Waals surface area contributed by atoms with Gasteiger partial charge in [-0.3, -0.25) is 14.2 Å². The van der Waals surface area contributed by atoms with Crippen LogP contribution in [-0.4, -0.2) is 37.2 Å². The molecule has 0 aliphatic heterocycles. The minimum absolute atomic E-state index is 0.235. The molecule has 0 radical (unpaired) electrons. The molecule has 4 aromatic heterocycles. The van der Waals surface area contributed by atoms with E-state index in [0.717, 1.165) is 5.39 Å². The second-order valence-corrected chi connectivity index (χ2v) is 9.70. The highest BCUT2D eigenvalue weighted by Crippen LogP contribution is 2.24. The Morgan fingerprint density at radius 3 is 2.60 bits per heavy atom. The van der Waals surface area contributed by atoms with Crippen molar-refractivity contribution in [3.63, 3.8) is 0 Å². The van der Waals surface area contributed by atoms with Gasteiger partial charge in [0.05, 0.1) is 24.2 Å². The minimum atomic E-state index is -0.534. The molecule has 1 unspecified atom stereocenters. The first-order chi connectivity index (χ1) is 20.4. The van der Waals surface area contributed by atoms with Crippen molar-refractivity contribution >= 4 is 22.3 Å². The number of carbonyl (C=O) groups is 1. The van der Waals surface area contributed by atoms with Crippen molar-refractivity contribution in [1.29, 1.82) is 0 Å². The highest BCUT2D eigenvalue weighted by Gasteiger charge is 2.23. The van der Waals surface area contributed by atoms with Crippen molar-refractivity contribution in [3.8, 4) is 23.4 Å². The van der Waals surface area contributed by atoms with E-state index in [-0.39, 0.29) is 11.5 Å². The average Bonchev–Trinajstić information content (AvgIpc) is 3.36. The van der Waals surface area contributed by atoms with Gasteiger partial charge in [-0.25, -0.2) is 14.5 Å². The third kappa shape index (κ3) is 4.86. The predicted molar refractivity (Wildman–Crippen MR) is 160 cm³/mol. The van der Waals surface area contributed by atoms with Crippen LogP contribution in [0.15, 0.2) is 96.2 Å². The second-order valence-electron chi connectivity index (χ2n) is 9.70. The summed E-state index contributed by atoms with van der Waals surface area (Å²) in [5.41, 5.74) is 3.77. The molecule has 0 saturated heterocycles. The largest absolute Gasteiger partial charge is 0.481 e. The molecule has 1 atom stereocenters. The third-order valence-electron chi connectivity index (χ3n) is 6.97. The van der Waals surface area contributed by atoms with Crippen molar-refractivity contribution in [2.24, 2.45) is 0 Å². The Hall–Kier alpha value is -5.75. The van der Waals surface area contributed by atoms with E-state index in [1.165, 1.54) is 0 Å². The van der Waals surface area contributed by atoms with E-state index in [4.69, 9.17) is 4.74 Å². The Labute approximate surface area is 241 Å². The van der Waals surface area contributed by atoms with Crippen molar-refractivity contribution in [2.45, 2.75) is 19.9 Å². The van der Waals surface area contributed by atoms with Crippen LogP contribution in [0.2, 0.25) is 0 Å². The zero-order chi connectivity index (χ0) is 29.2. The van der Waals surface area contributed by atoms with E-state index >= 15 is 0 Å². The molecule has 9 nitrogen and oxygen atoms in total. The van der Waals surface area contributed by atoms with Gasteiger partial charge in [-0.15, -0.1) is 0 Å². The van der Waals surface area contributed by atoms with Crippen molar-refractivity contribution < 1.29 is 9.53 Å². The summed E-state index contributed by atoms with van der Waals surface area (Å²) < 4.78 is 8.34. The van der Waals surface area contributed by atoms with Crippen LogP contribution in [0.5, 0.6) is 5.88 Å². The van der Waals surface area contributed by atoms with Crippen molar-refractivity contribution in [3.05, 3.63) is 130 Å². The molecule has 0 saturated carbocycles. The van der Waals surface area contributed by atoms with Gasteiger partial charge in [-0.1, -0.05) is 42.2 Å². The number of methoxy groups -OCH3 is 1. The zero-order valence-corrected chi connectivity index (χ0v) is 23.2. The SMILES string of the molecule is COc1ccc(C#Cc2cccc3cc(C(C)NC(=O)c4c(C)nn5cccnc45)n(-c4ccccc4)c(=O)c23)cn1. The quantitative estimate of drug-likeness (QED) is 0.312. The first-order valence-corrected chi connectivity index (χ1v) is 13.3. The van der Waals surface area contributed by atoms with E-state index in [1.807, 2.05) is 67.6 Å². The molecule has 1 N–H and O–H groups in total. The van der Waals surface area contributed by atoms with Crippen LogP contribution in [0.25, 0.3) is 22.1 Å². The molecule has 42 heavy (non-hydrogen) atoms. The first kappa shape index (κ1) is 26.5. The molecule has 4 heterocycles. The molecule has 2 aromatic carbocycles. The smallest absolute Gasteiger partial charge is 0.264 e. The highest BCUT2D eigenvalue weighted by molar-refractivity contribution is 6.01. The fourth-order valence-electron chi connectivity index (χ4n) is 4.97. The van der Waals surface area contributed by atoms with Crippen LogP contribution in [0.1, 0.15) is 45.8 Å². The summed E-state index contributed by atoms with van der Waals surface area (Å²) in [5, 5.41) is 8.68. The number of rotatable bonds is 5. The van der Waals surface area contributed by atoms with Gasteiger partial charge in [0, 0.05) is 47.2 Å². The summed E-state index contributed by atoms with van der Waals surface area (Å²) in [6.07, 6.45) is 5.00. The fraction of sp³-hybridized carbons (Fsp3) is 0.121. The van der Waals surface area contributed by atoms with Gasteiger partial charge in [-0.2, -0.15) is 5.10 Å². The number of benzene rings is 2. The number of aryl methyl sites for hydroxylation is 1. The van der Waals surface area contributed by atoms with E-state index in [9.17, 15) is 9.59 Å². The molecule has 6 aromatic rings. The van der Waals surface area contributed by atoms with Crippen LogP contribution >= 0.6 is 0 Å². The number of pyridine rings is 2. The Bertz CT molecular complexity index is 2070. The van der Waals surface area contributed by atoms with Gasteiger partial charge in [0.15, 0.2) is 5.65 Å². The van der Waals surface area contributed by atoms with Gasteiger partial charge >= 0.3 is 0 Å². The summed E-state index contributed by atoms with van der Waals surface area (Å²) in [6, 6.07) is 21.6. The maximum Gasteiger partial charge on any atom is 0.264 e. The molecule has 1 amide bonds. The lowest BCUT2D eigenvalue weighted by molar-refractivity contribution is 0.0939. The van der Waals surface area contributed by atoms with Crippen molar-refractivity contribution in [2.75, 3.05) is 7.11 Å². The number of ether oxygens (including phenoxy) is 1. The van der Waals surface area contributed by atoms with Crippen LogP contribution in [-0.2, 0) is 0 Å². The Morgan fingerprint density at radius 1 is 1.00 bits per heavy atom. The molecular weight excluding hydrogens is 528 g/mol. The lowest BCUT2D eigenvalue weighted by atomic mass is 10.0. The highest BCUT2D eigenvalue weighted by atomic mass is 16.5. The van der Waals surface area contributed by atoms with Crippen LogP contribution < -0.4 is 15.6 Å². The van der Waals surface area contributed by atoms with Gasteiger partial charge in [-0.05, 0) is 55.6 Å². The molecule has 9 heteroatoms. The Balaban J connectivity index is 1.46. The number of hydrogen-bond acceptors (Lipinski definition) is 6. The summed E-state index contributed by atoms with van der Waals surface area (Å²) >= 11 is 0. The normalized spacial score (nSPS) is 11.6. The van der Waals surface area contributed by atoms with Gasteiger partial charge in [0.25, 0.3) is 11.5 Å². The maximum atomic E-state index is 14.2. The lowest BCUT2D eigenvalue weighted by Crippen LogP contribution is -2.32. The molecule has 0 spiro atoms. The molecule has 0 aliphatic carbocycles. The fourth-order valence-corrected chi connectivity index (χ4v) is 4.97. The monoisotopic (exact) mass is 554 g/mol. The summed E-state index contributed by atoms with van der Waals surface area (Å²) in [4.78, 5) is 36.3. The number of nitrogens with one attached hydrogen (secondary N) is 1. The number of fused-ring (bicyclic) bond motifs is 2. The van der Waals surface area contributed by atoms with Gasteiger partial charge in [0.2, 0.25) is 5.88 Å². The maximum absolute atomic E-state index is 14.2. The van der Waals surface area contributed by atoms with E-state index in [1.54, 1.807) is 53.8 Å². The molecular formula is C33H26N6O3. The summed E-state index contributed by atoms with van der Waals surface area (Å²) in [5.74, 6) is 6.43. The summed E-state index contributed by atoms with van der Waals surface area (Å²) in [6.45, 7) is 3.63. The molecule has 206 valence electrons. The van der Waals surface area contributed by atoms with Gasteiger partial charge < -0.3 is 10.1 Å². The Morgan fingerprint density at radius 2 is 1.83 bits per heavy atom. The Kier molecular flexibility index (Phi) is 6.95. The lowest BCUT2D eigenvalue weighted by Gasteiger charge is -2.21. The number of carbonyl (C=O) groups excluding carboxylic acids is 1. The zero-order valence-electron chi connectivity index (χ0n) is 23.2. The number of para-hydroxylation sites is 1. The molecule has 0 bridgehead atoms. The van der Waals surface area contributed by atoms with E-state index in [2.05, 4.69) is 32.2 Å². The predicted octanol–water partition coefficient (Wildman–Crippen LogP) is 4.64. The minimum Gasteiger partial charge on any atom is -0.481 e. The van der Waals surface area contributed by atoms with E-state index in [0.29, 0.717) is 50.7 Å². The third-order valence-corrected chi connectivity index (χ3v) is 6.97. The topological polar surface area (TPSA) is 103 Å². The molecule has 0 aliphatic rings. The average molecular weight is 555 g/mol. The van der Waals surface area contributed by atoms with E-state index < -0.39 is 6.04 Å². The second kappa shape index (κ2) is 11.0. The van der Waals surface area contributed by atoms with Crippen LogP contribution in [0, 0.1) is 18.8 Å². The van der Waals surface area contributed by atoms with Crippen LogP contribution in [0.4, 0.5) is 0 Å². The molecule has 6 rings (SSSR count). The number of aromatic nitrogens is 5. The van der Waals surface area contributed by atoms with Crippen molar-refractivity contribution in [1.82, 2.24) is 29.5 Å². The number of amides is 1. The standard InChI is InChI=1S/C33H26N6O3/c1-21(36-32(40)29-22(2)37-38-18-8-17-34-31(29)38)27-19-25-10-7-9-24(15-13-23-14-16-28(42-3)35-20-23)30(25)33(41)39(27)26-11-5-4-6-12-26/h4-12,14,16-21H,1-3H3,(H,36,40). The molecule has 0 fully saturated rings.